The molecule has 0 aromatic heterocycles. The zero-order valence-corrected chi connectivity index (χ0v) is 38.0. The van der Waals surface area contributed by atoms with Crippen LogP contribution in [0, 0.1) is 11.8 Å². The van der Waals surface area contributed by atoms with Crippen LogP contribution in [0.5, 0.6) is 0 Å². The number of rotatable bonds is 11. The fourth-order valence-electron chi connectivity index (χ4n) is 10.4. The molecule has 0 amide bonds. The monoisotopic (exact) mass is 821 g/mol. The number of fused-ring (bicyclic) bond motifs is 5. The minimum absolute atomic E-state index is 0.468. The van der Waals surface area contributed by atoms with Crippen molar-refractivity contribution in [2.24, 2.45) is 11.8 Å². The van der Waals surface area contributed by atoms with Gasteiger partial charge in [0.15, 0.2) is 0 Å². The summed E-state index contributed by atoms with van der Waals surface area (Å²) >= 11 is -2.91. The van der Waals surface area contributed by atoms with Crippen LogP contribution in [0.15, 0.2) is 139 Å². The molecule has 4 unspecified atom stereocenters. The third-order valence-corrected chi connectivity index (χ3v) is 25.6. The molecule has 0 fully saturated rings. The van der Waals surface area contributed by atoms with Gasteiger partial charge in [0.1, 0.15) is 0 Å². The third-order valence-electron chi connectivity index (χ3n) is 13.7. The minimum atomic E-state index is -2.91. The van der Waals surface area contributed by atoms with Crippen molar-refractivity contribution >= 4 is 35.3 Å². The molecule has 3 aliphatic rings. The first kappa shape index (κ1) is 37.5. The molecular formula is C54H55SiZr. The molecule has 9 rings (SSSR count). The van der Waals surface area contributed by atoms with Gasteiger partial charge < -0.3 is 0 Å². The van der Waals surface area contributed by atoms with E-state index in [-0.39, 0.29) is 0 Å². The topological polar surface area (TPSA) is 0 Å². The summed E-state index contributed by atoms with van der Waals surface area (Å²) in [5.74, 6) is 1.03. The molecule has 0 radical (unpaired) electrons. The molecule has 0 saturated carbocycles. The van der Waals surface area contributed by atoms with Gasteiger partial charge in [0.25, 0.3) is 0 Å². The second kappa shape index (κ2) is 15.7. The summed E-state index contributed by atoms with van der Waals surface area (Å²) in [4.78, 5) is 0. The average molecular weight is 823 g/mol. The Balaban J connectivity index is 1.34. The SMILES string of the molecule is CCc1ccccc1-c1cccc2c1C=C(C(C)CC)[CH]2[Zr]([c]1cccc2c1[SiH2]c1ccccc1-2)[CH]1C(C(C)CC)=Cc2c(-c3ccccc3CC)cccc21. The van der Waals surface area contributed by atoms with Gasteiger partial charge in [-0.1, -0.05) is 0 Å². The van der Waals surface area contributed by atoms with Gasteiger partial charge in [0.05, 0.1) is 0 Å². The zero-order chi connectivity index (χ0) is 38.5. The van der Waals surface area contributed by atoms with Crippen molar-refractivity contribution in [3.05, 3.63) is 172 Å². The van der Waals surface area contributed by atoms with Gasteiger partial charge in [0, 0.05) is 0 Å². The van der Waals surface area contributed by atoms with Crippen molar-refractivity contribution in [2.45, 2.75) is 74.5 Å². The second-order valence-corrected chi connectivity index (χ2v) is 24.8. The second-order valence-electron chi connectivity index (χ2n) is 16.5. The van der Waals surface area contributed by atoms with E-state index in [9.17, 15) is 0 Å². The summed E-state index contributed by atoms with van der Waals surface area (Å²) in [5, 5.41) is 3.39. The van der Waals surface area contributed by atoms with Gasteiger partial charge in [-0.3, -0.25) is 0 Å². The maximum atomic E-state index is 2.71. The Morgan fingerprint density at radius 2 is 0.929 bits per heavy atom. The number of allylic oxidation sites excluding steroid dienone is 2. The van der Waals surface area contributed by atoms with Gasteiger partial charge in [-0.05, 0) is 0 Å². The summed E-state index contributed by atoms with van der Waals surface area (Å²) in [6.07, 6.45) is 9.82. The van der Waals surface area contributed by atoms with Gasteiger partial charge in [-0.15, -0.1) is 0 Å². The predicted octanol–water partition coefficient (Wildman–Crippen LogP) is 11.9. The van der Waals surface area contributed by atoms with Crippen molar-refractivity contribution in [3.8, 4) is 33.4 Å². The van der Waals surface area contributed by atoms with Gasteiger partial charge in [-0.2, -0.15) is 0 Å². The van der Waals surface area contributed by atoms with Crippen molar-refractivity contribution in [1.29, 1.82) is 0 Å². The van der Waals surface area contributed by atoms with E-state index in [0.29, 0.717) is 19.1 Å². The molecule has 2 heteroatoms. The van der Waals surface area contributed by atoms with Crippen LogP contribution >= 0.6 is 0 Å². The third kappa shape index (κ3) is 6.18. The van der Waals surface area contributed by atoms with Crippen LogP contribution in [0.1, 0.15) is 95.0 Å². The maximum absolute atomic E-state index is 2.91. The first-order chi connectivity index (χ1) is 27.5. The summed E-state index contributed by atoms with van der Waals surface area (Å²) in [6, 6.07) is 50.0. The average Bonchev–Trinajstić information content (AvgIpc) is 3.96. The first-order valence-corrected chi connectivity index (χ1v) is 26.9. The number of benzene rings is 6. The molecule has 2 aliphatic carbocycles. The number of hydrogen-bond acceptors (Lipinski definition) is 0. The van der Waals surface area contributed by atoms with Crippen molar-refractivity contribution < 1.29 is 21.8 Å². The Bertz CT molecular complexity index is 2390. The summed E-state index contributed by atoms with van der Waals surface area (Å²) in [7, 11) is -0.626. The van der Waals surface area contributed by atoms with Crippen LogP contribution < -0.4 is 13.6 Å². The fourth-order valence-corrected chi connectivity index (χ4v) is 24.9. The molecule has 0 spiro atoms. The molecule has 1 heterocycles. The van der Waals surface area contributed by atoms with Crippen LogP contribution in [-0.2, 0) is 34.6 Å². The molecule has 0 nitrogen and oxygen atoms in total. The van der Waals surface area contributed by atoms with E-state index in [0.717, 1.165) is 25.7 Å². The molecule has 6 aromatic rings. The summed E-state index contributed by atoms with van der Waals surface area (Å²) in [6.45, 7) is 14.5. The van der Waals surface area contributed by atoms with E-state index in [1.807, 2.05) is 0 Å². The number of hydrogen-bond donors (Lipinski definition) is 0. The van der Waals surface area contributed by atoms with Gasteiger partial charge >= 0.3 is 349 Å². The van der Waals surface area contributed by atoms with E-state index in [1.165, 1.54) is 50.1 Å². The molecule has 0 saturated heterocycles. The summed E-state index contributed by atoms with van der Waals surface area (Å²) in [5.41, 5.74) is 21.2. The molecule has 1 aliphatic heterocycles. The Hall–Kier alpha value is -4.10. The van der Waals surface area contributed by atoms with Crippen LogP contribution in [0.25, 0.3) is 45.5 Å². The van der Waals surface area contributed by atoms with Crippen LogP contribution in [0.2, 0.25) is 0 Å². The van der Waals surface area contributed by atoms with Crippen LogP contribution in [0.4, 0.5) is 0 Å². The van der Waals surface area contributed by atoms with Crippen molar-refractivity contribution in [2.75, 3.05) is 0 Å². The zero-order valence-electron chi connectivity index (χ0n) is 34.1. The Morgan fingerprint density at radius 1 is 0.482 bits per heavy atom. The normalized spacial score (nSPS) is 17.8. The molecule has 0 N–H and O–H groups in total. The molecule has 56 heavy (non-hydrogen) atoms. The van der Waals surface area contributed by atoms with Crippen LogP contribution in [-0.4, -0.2) is 9.52 Å². The van der Waals surface area contributed by atoms with E-state index < -0.39 is 31.3 Å². The van der Waals surface area contributed by atoms with Gasteiger partial charge in [-0.25, -0.2) is 0 Å². The van der Waals surface area contributed by atoms with E-state index in [2.05, 4.69) is 181 Å². The number of aryl methyl sites for hydroxylation is 2. The Morgan fingerprint density at radius 3 is 1.45 bits per heavy atom. The predicted molar refractivity (Wildman–Crippen MR) is 242 cm³/mol. The first-order valence-electron chi connectivity index (χ1n) is 21.4. The quantitative estimate of drug-likeness (QED) is 0.114. The van der Waals surface area contributed by atoms with Gasteiger partial charge in [0.2, 0.25) is 0 Å². The molecule has 6 aromatic carbocycles. The van der Waals surface area contributed by atoms with E-state index >= 15 is 0 Å². The van der Waals surface area contributed by atoms with Crippen LogP contribution in [0.3, 0.4) is 0 Å². The Kier molecular flexibility index (Phi) is 10.5. The van der Waals surface area contributed by atoms with Crippen molar-refractivity contribution in [1.82, 2.24) is 0 Å². The van der Waals surface area contributed by atoms with E-state index in [4.69, 9.17) is 0 Å². The molecule has 4 atom stereocenters. The summed E-state index contributed by atoms with van der Waals surface area (Å²) < 4.78 is 2.73. The molecule has 0 bridgehead atoms. The molecular weight excluding hydrogens is 768 g/mol. The molecule has 279 valence electrons. The standard InChI is InChI=1S/2C21H23.C12H9Si.Zr/c2*1-4-15(3)18-13-17-10-8-12-20(21(17)14-18)19-11-7-6-9-16(19)5-2;1-3-7-11-9(5-1)10-6-2-4-8-12(10)13-11;/h2*6-15H,4-5H2,1-3H3;1-7H,13H2;. The Labute approximate surface area is 346 Å². The van der Waals surface area contributed by atoms with Crippen molar-refractivity contribution in [3.63, 3.8) is 0 Å². The fraction of sp³-hybridized carbons (Fsp3) is 0.259. The van der Waals surface area contributed by atoms with E-state index in [1.54, 1.807) is 41.5 Å².